The van der Waals surface area contributed by atoms with Crippen molar-refractivity contribution in [2.45, 2.75) is 0 Å². The van der Waals surface area contributed by atoms with Gasteiger partial charge in [-0.05, 0) is 54.1 Å². The largest absolute Gasteiger partial charge is 0.439 e. The van der Waals surface area contributed by atoms with E-state index in [0.29, 0.717) is 34.1 Å². The van der Waals surface area contributed by atoms with Crippen LogP contribution in [0.3, 0.4) is 0 Å². The van der Waals surface area contributed by atoms with E-state index in [1.54, 1.807) is 30.3 Å². The number of carbonyl (C=O) groups is 1. The molecule has 5 rings (SSSR count). The predicted molar refractivity (Wildman–Crippen MR) is 143 cm³/mol. The highest BCUT2D eigenvalue weighted by molar-refractivity contribution is 6.02. The second-order valence-electron chi connectivity index (χ2n) is 8.03. The number of aromatic nitrogens is 3. The molecule has 37 heavy (non-hydrogen) atoms. The molecule has 8 nitrogen and oxygen atoms in total. The van der Waals surface area contributed by atoms with Gasteiger partial charge in [0, 0.05) is 34.5 Å². The first-order valence-electron chi connectivity index (χ1n) is 11.3. The average molecular weight is 485 g/mol. The highest BCUT2D eigenvalue weighted by Gasteiger charge is 2.14. The van der Waals surface area contributed by atoms with E-state index in [0.717, 1.165) is 22.1 Å². The van der Waals surface area contributed by atoms with Gasteiger partial charge >= 0.3 is 0 Å². The third kappa shape index (κ3) is 4.97. The number of nitrogens with zero attached hydrogens (tertiary/aromatic N) is 4. The number of nitriles is 1. The zero-order chi connectivity index (χ0) is 25.8. The number of pyridine rings is 1. The molecule has 1 amide bonds. The van der Waals surface area contributed by atoms with Gasteiger partial charge in [-0.25, -0.2) is 15.0 Å². The number of amides is 1. The standard InChI is InChI=1S/C29H20N6O2/c1-2-25(36)33-21-6-3-5-20(16-21)23-7-4-8-24-27(34-29(31)35-28(23)24)19-9-11-22(12-10-19)37-26-15-18(17-30)13-14-32-26/h2-16H,1H2,(H,33,36)(H2,31,34,35). The number of hydrogen-bond donors (Lipinski definition) is 2. The van der Waals surface area contributed by atoms with Gasteiger partial charge < -0.3 is 15.8 Å². The number of ether oxygens (including phenoxy) is 1. The van der Waals surface area contributed by atoms with Crippen LogP contribution in [0.25, 0.3) is 33.3 Å². The maximum absolute atomic E-state index is 11.8. The van der Waals surface area contributed by atoms with Crippen LogP contribution >= 0.6 is 0 Å². The molecule has 2 heterocycles. The van der Waals surface area contributed by atoms with Gasteiger partial charge in [0.25, 0.3) is 0 Å². The maximum atomic E-state index is 11.8. The molecular formula is C29H20N6O2. The summed E-state index contributed by atoms with van der Waals surface area (Å²) in [5.41, 5.74) is 11.2. The van der Waals surface area contributed by atoms with Crippen LogP contribution in [0.5, 0.6) is 11.6 Å². The summed E-state index contributed by atoms with van der Waals surface area (Å²) >= 11 is 0. The number of nitrogens with one attached hydrogen (secondary N) is 1. The highest BCUT2D eigenvalue weighted by Crippen LogP contribution is 2.35. The lowest BCUT2D eigenvalue weighted by Gasteiger charge is -2.12. The van der Waals surface area contributed by atoms with Crippen molar-refractivity contribution in [3.05, 3.63) is 103 Å². The molecule has 0 radical (unpaired) electrons. The van der Waals surface area contributed by atoms with Crippen molar-refractivity contribution in [2.75, 3.05) is 11.1 Å². The maximum Gasteiger partial charge on any atom is 0.247 e. The quantitative estimate of drug-likeness (QED) is 0.295. The smallest absolute Gasteiger partial charge is 0.247 e. The van der Waals surface area contributed by atoms with E-state index < -0.39 is 0 Å². The molecule has 0 aliphatic heterocycles. The molecule has 5 aromatic rings. The molecule has 0 spiro atoms. The lowest BCUT2D eigenvalue weighted by molar-refractivity contribution is -0.111. The molecule has 8 heteroatoms. The fraction of sp³-hybridized carbons (Fsp3) is 0. The number of nitrogen functional groups attached to an aromatic ring is 1. The zero-order valence-electron chi connectivity index (χ0n) is 19.6. The molecule has 0 unspecified atom stereocenters. The van der Waals surface area contributed by atoms with Crippen LogP contribution in [-0.4, -0.2) is 20.9 Å². The van der Waals surface area contributed by atoms with Gasteiger partial charge in [-0.1, -0.05) is 36.9 Å². The molecule has 178 valence electrons. The van der Waals surface area contributed by atoms with E-state index in [2.05, 4.69) is 32.9 Å². The van der Waals surface area contributed by atoms with Gasteiger partial charge in [-0.15, -0.1) is 0 Å². The monoisotopic (exact) mass is 484 g/mol. The van der Waals surface area contributed by atoms with Crippen LogP contribution in [-0.2, 0) is 4.79 Å². The Kier molecular flexibility index (Phi) is 6.26. The van der Waals surface area contributed by atoms with Crippen molar-refractivity contribution >= 4 is 28.4 Å². The zero-order valence-corrected chi connectivity index (χ0v) is 19.6. The van der Waals surface area contributed by atoms with Gasteiger partial charge in [0.15, 0.2) is 0 Å². The Morgan fingerprint density at radius 3 is 2.59 bits per heavy atom. The molecule has 3 aromatic carbocycles. The Morgan fingerprint density at radius 1 is 1.00 bits per heavy atom. The Balaban J connectivity index is 1.52. The lowest BCUT2D eigenvalue weighted by Crippen LogP contribution is -2.07. The SMILES string of the molecule is C=CC(=O)Nc1cccc(-c2cccc3c(-c4ccc(Oc5cc(C#N)ccn5)cc4)nc(N)nc23)c1. The molecule has 0 aliphatic rings. The molecular weight excluding hydrogens is 464 g/mol. The number of fused-ring (bicyclic) bond motifs is 1. The van der Waals surface area contributed by atoms with Crippen LogP contribution in [0.1, 0.15) is 5.56 Å². The van der Waals surface area contributed by atoms with E-state index in [1.807, 2.05) is 48.5 Å². The predicted octanol–water partition coefficient (Wildman–Crippen LogP) is 5.73. The van der Waals surface area contributed by atoms with Crippen LogP contribution in [0.15, 0.2) is 97.7 Å². The van der Waals surface area contributed by atoms with Gasteiger partial charge in [-0.3, -0.25) is 4.79 Å². The summed E-state index contributed by atoms with van der Waals surface area (Å²) in [7, 11) is 0. The van der Waals surface area contributed by atoms with Crippen molar-refractivity contribution in [1.82, 2.24) is 15.0 Å². The van der Waals surface area contributed by atoms with Gasteiger partial charge in [0.05, 0.1) is 22.8 Å². The van der Waals surface area contributed by atoms with Crippen LogP contribution in [0, 0.1) is 11.3 Å². The molecule has 2 aromatic heterocycles. The Bertz CT molecular complexity index is 1690. The number of benzene rings is 3. The molecule has 3 N–H and O–H groups in total. The molecule has 0 saturated carbocycles. The summed E-state index contributed by atoms with van der Waals surface area (Å²) in [6.07, 6.45) is 2.75. The number of anilines is 2. The Hall–Kier alpha value is -5.55. The lowest BCUT2D eigenvalue weighted by atomic mass is 9.99. The fourth-order valence-corrected chi connectivity index (χ4v) is 3.92. The summed E-state index contributed by atoms with van der Waals surface area (Å²) in [6, 6.07) is 25.9. The minimum Gasteiger partial charge on any atom is -0.439 e. The minimum absolute atomic E-state index is 0.143. The topological polar surface area (TPSA) is 127 Å². The van der Waals surface area contributed by atoms with E-state index in [-0.39, 0.29) is 11.9 Å². The second-order valence-corrected chi connectivity index (χ2v) is 8.03. The molecule has 0 fully saturated rings. The number of carbonyl (C=O) groups excluding carboxylic acids is 1. The minimum atomic E-state index is -0.287. The van der Waals surface area contributed by atoms with Gasteiger partial charge in [0.2, 0.25) is 17.7 Å². The molecule has 0 atom stereocenters. The van der Waals surface area contributed by atoms with Crippen LogP contribution in [0.2, 0.25) is 0 Å². The van der Waals surface area contributed by atoms with Crippen molar-refractivity contribution in [1.29, 1.82) is 5.26 Å². The molecule has 0 saturated heterocycles. The van der Waals surface area contributed by atoms with Crippen molar-refractivity contribution in [3.8, 4) is 40.1 Å². The van der Waals surface area contributed by atoms with Crippen molar-refractivity contribution in [2.24, 2.45) is 0 Å². The van der Waals surface area contributed by atoms with E-state index >= 15 is 0 Å². The molecule has 0 aliphatic carbocycles. The third-order valence-corrected chi connectivity index (χ3v) is 5.58. The summed E-state index contributed by atoms with van der Waals surface area (Å²) in [5.74, 6) is 0.755. The first-order valence-corrected chi connectivity index (χ1v) is 11.3. The van der Waals surface area contributed by atoms with Crippen molar-refractivity contribution < 1.29 is 9.53 Å². The number of rotatable bonds is 6. The van der Waals surface area contributed by atoms with E-state index in [4.69, 9.17) is 15.7 Å². The number of para-hydroxylation sites is 1. The summed E-state index contributed by atoms with van der Waals surface area (Å²) in [5, 5.41) is 12.7. The van der Waals surface area contributed by atoms with Crippen molar-refractivity contribution in [3.63, 3.8) is 0 Å². The Morgan fingerprint density at radius 2 is 1.81 bits per heavy atom. The third-order valence-electron chi connectivity index (χ3n) is 5.58. The van der Waals surface area contributed by atoms with Crippen LogP contribution in [0.4, 0.5) is 11.6 Å². The van der Waals surface area contributed by atoms with Crippen LogP contribution < -0.4 is 15.8 Å². The normalized spacial score (nSPS) is 10.5. The number of hydrogen-bond acceptors (Lipinski definition) is 7. The molecule has 0 bridgehead atoms. The van der Waals surface area contributed by atoms with E-state index in [1.165, 1.54) is 12.3 Å². The summed E-state index contributed by atoms with van der Waals surface area (Å²) < 4.78 is 5.79. The summed E-state index contributed by atoms with van der Waals surface area (Å²) in [6.45, 7) is 3.49. The fourth-order valence-electron chi connectivity index (χ4n) is 3.92. The van der Waals surface area contributed by atoms with E-state index in [9.17, 15) is 4.79 Å². The summed E-state index contributed by atoms with van der Waals surface area (Å²) in [4.78, 5) is 25.0. The number of nitrogens with two attached hydrogens (primary N) is 1. The Labute approximate surface area is 212 Å². The first kappa shape index (κ1) is 23.2. The van der Waals surface area contributed by atoms with Gasteiger partial charge in [-0.2, -0.15) is 5.26 Å². The average Bonchev–Trinajstić information content (AvgIpc) is 2.93. The highest BCUT2D eigenvalue weighted by atomic mass is 16.5. The first-order chi connectivity index (χ1) is 18.0. The van der Waals surface area contributed by atoms with Gasteiger partial charge in [0.1, 0.15) is 5.75 Å². The second kappa shape index (κ2) is 9.98.